The quantitative estimate of drug-likeness (QED) is 0.794. The number of hydrogen-bond acceptors (Lipinski definition) is 3. The molecule has 0 atom stereocenters. The first-order valence-corrected chi connectivity index (χ1v) is 8.22. The molecule has 1 aromatic heterocycles. The van der Waals surface area contributed by atoms with Crippen LogP contribution in [0.3, 0.4) is 0 Å². The second-order valence-electron chi connectivity index (χ2n) is 5.32. The number of hydrogen-bond donors (Lipinski definition) is 0. The lowest BCUT2D eigenvalue weighted by Crippen LogP contribution is -2.15. The van der Waals surface area contributed by atoms with Crippen molar-refractivity contribution in [3.63, 3.8) is 0 Å². The minimum Gasteiger partial charge on any atom is -0.496 e. The van der Waals surface area contributed by atoms with Crippen LogP contribution in [0.15, 0.2) is 22.7 Å². The fourth-order valence-corrected chi connectivity index (χ4v) is 3.05. The predicted molar refractivity (Wildman–Crippen MR) is 90.7 cm³/mol. The molecule has 0 aliphatic heterocycles. The molecule has 0 spiro atoms. The molecule has 0 aliphatic rings. The molecule has 22 heavy (non-hydrogen) atoms. The maximum absolute atomic E-state index is 12.7. The molecule has 1 heterocycles. The minimum absolute atomic E-state index is 0.119. The largest absolute Gasteiger partial charge is 0.496 e. The lowest BCUT2D eigenvalue weighted by molar-refractivity contribution is 0.0942. The van der Waals surface area contributed by atoms with Crippen molar-refractivity contribution in [2.24, 2.45) is 0 Å². The molecule has 0 saturated carbocycles. The Morgan fingerprint density at radius 1 is 1.36 bits per heavy atom. The topological polar surface area (TPSA) is 44.1 Å². The van der Waals surface area contributed by atoms with Crippen LogP contribution >= 0.6 is 15.9 Å². The second kappa shape index (κ2) is 7.09. The molecule has 0 unspecified atom stereocenters. The van der Waals surface area contributed by atoms with E-state index >= 15 is 0 Å². The third-order valence-electron chi connectivity index (χ3n) is 3.81. The zero-order valence-corrected chi connectivity index (χ0v) is 15.0. The summed E-state index contributed by atoms with van der Waals surface area (Å²) in [6.45, 7) is 6.09. The van der Waals surface area contributed by atoms with E-state index in [4.69, 9.17) is 4.74 Å². The number of carbonyl (C=O) groups excluding carboxylic acids is 1. The van der Waals surface area contributed by atoms with E-state index in [0.717, 1.165) is 35.1 Å². The first-order valence-electron chi connectivity index (χ1n) is 7.42. The fourth-order valence-electron chi connectivity index (χ4n) is 2.51. The Balaban J connectivity index is 2.35. The number of unbranched alkanes of at least 4 members (excludes halogenated alkanes) is 1. The van der Waals surface area contributed by atoms with E-state index < -0.39 is 0 Å². The van der Waals surface area contributed by atoms with Crippen LogP contribution in [0.1, 0.15) is 47.1 Å². The SMILES string of the molecule is CCCCc1c(C)nn(C(=O)c2ccc(OC)c(Br)c2)c1C. The van der Waals surface area contributed by atoms with Crippen LogP contribution in [0.25, 0.3) is 0 Å². The van der Waals surface area contributed by atoms with Crippen LogP contribution in [-0.2, 0) is 6.42 Å². The van der Waals surface area contributed by atoms with Crippen LogP contribution in [0.5, 0.6) is 5.75 Å². The summed E-state index contributed by atoms with van der Waals surface area (Å²) in [5, 5.41) is 4.43. The van der Waals surface area contributed by atoms with E-state index in [1.165, 1.54) is 10.2 Å². The molecular weight excluding hydrogens is 344 g/mol. The van der Waals surface area contributed by atoms with E-state index in [9.17, 15) is 4.79 Å². The molecule has 0 saturated heterocycles. The van der Waals surface area contributed by atoms with Gasteiger partial charge in [-0.05, 0) is 66.4 Å². The Bertz CT molecular complexity index is 692. The van der Waals surface area contributed by atoms with Gasteiger partial charge in [-0.3, -0.25) is 4.79 Å². The Morgan fingerprint density at radius 2 is 2.09 bits per heavy atom. The third kappa shape index (κ3) is 3.24. The third-order valence-corrected chi connectivity index (χ3v) is 4.43. The zero-order valence-electron chi connectivity index (χ0n) is 13.4. The molecule has 2 rings (SSSR count). The van der Waals surface area contributed by atoms with Gasteiger partial charge in [0.2, 0.25) is 0 Å². The van der Waals surface area contributed by atoms with Gasteiger partial charge in [0, 0.05) is 11.3 Å². The number of carbonyl (C=O) groups is 1. The highest BCUT2D eigenvalue weighted by atomic mass is 79.9. The molecule has 5 heteroatoms. The number of nitrogens with zero attached hydrogens (tertiary/aromatic N) is 2. The fraction of sp³-hybridized carbons (Fsp3) is 0.412. The molecule has 0 fully saturated rings. The Morgan fingerprint density at radius 3 is 2.68 bits per heavy atom. The summed E-state index contributed by atoms with van der Waals surface area (Å²) < 4.78 is 7.46. The molecule has 0 radical (unpaired) electrons. The van der Waals surface area contributed by atoms with E-state index in [2.05, 4.69) is 28.0 Å². The first kappa shape index (κ1) is 16.7. The number of aryl methyl sites for hydroxylation is 1. The Kier molecular flexibility index (Phi) is 5.40. The van der Waals surface area contributed by atoms with Gasteiger partial charge in [-0.1, -0.05) is 13.3 Å². The van der Waals surface area contributed by atoms with E-state index in [-0.39, 0.29) is 5.91 Å². The van der Waals surface area contributed by atoms with Crippen LogP contribution in [-0.4, -0.2) is 22.8 Å². The summed E-state index contributed by atoms with van der Waals surface area (Å²) in [7, 11) is 1.60. The normalized spacial score (nSPS) is 10.8. The van der Waals surface area contributed by atoms with Crippen molar-refractivity contribution >= 4 is 21.8 Å². The van der Waals surface area contributed by atoms with Crippen molar-refractivity contribution in [2.45, 2.75) is 40.0 Å². The summed E-state index contributed by atoms with van der Waals surface area (Å²) in [4.78, 5) is 12.7. The predicted octanol–water partition coefficient (Wildman–Crippen LogP) is 4.30. The van der Waals surface area contributed by atoms with Gasteiger partial charge in [0.1, 0.15) is 5.75 Å². The van der Waals surface area contributed by atoms with Crippen molar-refractivity contribution in [2.75, 3.05) is 7.11 Å². The maximum atomic E-state index is 12.7. The van der Waals surface area contributed by atoms with Crippen molar-refractivity contribution in [1.82, 2.24) is 9.78 Å². The number of benzene rings is 1. The van der Waals surface area contributed by atoms with Crippen LogP contribution in [0, 0.1) is 13.8 Å². The molecular formula is C17H21BrN2O2. The molecule has 4 nitrogen and oxygen atoms in total. The highest BCUT2D eigenvalue weighted by Crippen LogP contribution is 2.26. The van der Waals surface area contributed by atoms with Gasteiger partial charge < -0.3 is 4.74 Å². The Labute approximate surface area is 139 Å². The van der Waals surface area contributed by atoms with Crippen molar-refractivity contribution in [3.05, 3.63) is 45.2 Å². The average Bonchev–Trinajstić information content (AvgIpc) is 2.79. The van der Waals surface area contributed by atoms with Gasteiger partial charge in [-0.2, -0.15) is 5.10 Å². The van der Waals surface area contributed by atoms with Crippen molar-refractivity contribution in [1.29, 1.82) is 0 Å². The van der Waals surface area contributed by atoms with Gasteiger partial charge >= 0.3 is 0 Å². The molecule has 118 valence electrons. The summed E-state index contributed by atoms with van der Waals surface area (Å²) in [6.07, 6.45) is 3.20. The van der Waals surface area contributed by atoms with Gasteiger partial charge in [-0.15, -0.1) is 0 Å². The van der Waals surface area contributed by atoms with Gasteiger partial charge in [0.15, 0.2) is 0 Å². The van der Waals surface area contributed by atoms with E-state index in [0.29, 0.717) is 11.3 Å². The number of methoxy groups -OCH3 is 1. The Hall–Kier alpha value is -1.62. The maximum Gasteiger partial charge on any atom is 0.278 e. The highest BCUT2D eigenvalue weighted by Gasteiger charge is 2.18. The lowest BCUT2D eigenvalue weighted by Gasteiger charge is -2.07. The van der Waals surface area contributed by atoms with Gasteiger partial charge in [0.25, 0.3) is 5.91 Å². The number of aromatic nitrogens is 2. The monoisotopic (exact) mass is 364 g/mol. The number of rotatable bonds is 5. The highest BCUT2D eigenvalue weighted by molar-refractivity contribution is 9.10. The van der Waals surface area contributed by atoms with Crippen molar-refractivity contribution in [3.8, 4) is 5.75 Å². The molecule has 0 amide bonds. The minimum atomic E-state index is -0.119. The molecule has 0 bridgehead atoms. The molecule has 1 aromatic carbocycles. The van der Waals surface area contributed by atoms with Crippen LogP contribution < -0.4 is 4.74 Å². The molecule has 0 aliphatic carbocycles. The standard InChI is InChI=1S/C17H21BrN2O2/c1-5-6-7-14-11(2)19-20(12(14)3)17(21)13-8-9-16(22-4)15(18)10-13/h8-10H,5-7H2,1-4H3. The summed E-state index contributed by atoms with van der Waals surface area (Å²) in [5.74, 6) is 0.584. The summed E-state index contributed by atoms with van der Waals surface area (Å²) in [5.41, 5.74) is 3.64. The number of halogens is 1. The van der Waals surface area contributed by atoms with E-state index in [1.807, 2.05) is 13.8 Å². The van der Waals surface area contributed by atoms with Gasteiger partial charge in [-0.25, -0.2) is 4.68 Å². The van der Waals surface area contributed by atoms with Crippen LogP contribution in [0.4, 0.5) is 0 Å². The molecule has 0 N–H and O–H groups in total. The van der Waals surface area contributed by atoms with Crippen molar-refractivity contribution < 1.29 is 9.53 Å². The van der Waals surface area contributed by atoms with Crippen LogP contribution in [0.2, 0.25) is 0 Å². The molecule has 2 aromatic rings. The second-order valence-corrected chi connectivity index (χ2v) is 6.17. The number of ether oxygens (including phenoxy) is 1. The summed E-state index contributed by atoms with van der Waals surface area (Å²) >= 11 is 3.41. The first-order chi connectivity index (χ1) is 10.5. The average molecular weight is 365 g/mol. The smallest absolute Gasteiger partial charge is 0.278 e. The summed E-state index contributed by atoms with van der Waals surface area (Å²) in [6, 6.07) is 5.30. The van der Waals surface area contributed by atoms with Gasteiger partial charge in [0.05, 0.1) is 17.3 Å². The lowest BCUT2D eigenvalue weighted by atomic mass is 10.1. The zero-order chi connectivity index (χ0) is 16.3. The van der Waals surface area contributed by atoms with E-state index in [1.54, 1.807) is 25.3 Å².